The molecular formula is C25H31N7O4S. The molecule has 12 heteroatoms. The molecule has 6 heterocycles. The van der Waals surface area contributed by atoms with Crippen LogP contribution in [0.1, 0.15) is 61.9 Å². The third-order valence-corrected chi connectivity index (χ3v) is 9.25. The van der Waals surface area contributed by atoms with Crippen LogP contribution in [0.3, 0.4) is 0 Å². The Hall–Kier alpha value is -3.09. The fourth-order valence-electron chi connectivity index (χ4n) is 6.48. The van der Waals surface area contributed by atoms with Gasteiger partial charge in [0.1, 0.15) is 17.3 Å². The number of carbonyl (C=O) groups is 1. The average molecular weight is 526 g/mol. The second-order valence-corrected chi connectivity index (χ2v) is 12.4. The zero-order chi connectivity index (χ0) is 25.9. The lowest BCUT2D eigenvalue weighted by molar-refractivity contribution is -0.138. The minimum absolute atomic E-state index is 0.00163. The van der Waals surface area contributed by atoms with Gasteiger partial charge in [0.05, 0.1) is 17.6 Å². The zero-order valence-corrected chi connectivity index (χ0v) is 21.5. The predicted molar refractivity (Wildman–Crippen MR) is 136 cm³/mol. The first-order chi connectivity index (χ1) is 17.8. The number of fused-ring (bicyclic) bond motifs is 3. The van der Waals surface area contributed by atoms with Gasteiger partial charge in [0.2, 0.25) is 5.91 Å². The summed E-state index contributed by atoms with van der Waals surface area (Å²) in [4.78, 5) is 23.7. The van der Waals surface area contributed by atoms with Crippen molar-refractivity contribution in [3.63, 3.8) is 0 Å². The summed E-state index contributed by atoms with van der Waals surface area (Å²) in [6, 6.07) is 4.14. The van der Waals surface area contributed by atoms with Crippen LogP contribution in [0.5, 0.6) is 0 Å². The Bertz CT molecular complexity index is 1450. The van der Waals surface area contributed by atoms with Crippen molar-refractivity contribution in [2.75, 3.05) is 25.1 Å². The van der Waals surface area contributed by atoms with Crippen LogP contribution in [0.4, 0.5) is 5.82 Å². The number of nitrogens with one attached hydrogen (secondary N) is 1. The van der Waals surface area contributed by atoms with Crippen LogP contribution in [0.2, 0.25) is 0 Å². The molecule has 37 heavy (non-hydrogen) atoms. The molecule has 3 aromatic rings. The Kier molecular flexibility index (Phi) is 5.92. The van der Waals surface area contributed by atoms with Crippen LogP contribution in [-0.2, 0) is 14.6 Å². The molecule has 3 unspecified atom stereocenters. The van der Waals surface area contributed by atoms with Crippen LogP contribution in [0.15, 0.2) is 29.4 Å². The first-order valence-electron chi connectivity index (χ1n) is 12.7. The molecule has 3 aliphatic rings. The number of nitrogen functional groups attached to an aromatic ring is 1. The third kappa shape index (κ3) is 4.07. The number of aliphatic hydroxyl groups excluding tert-OH is 1. The van der Waals surface area contributed by atoms with Gasteiger partial charge >= 0.3 is 0 Å². The molecule has 3 aromatic heterocycles. The van der Waals surface area contributed by atoms with Gasteiger partial charge in [-0.2, -0.15) is 9.61 Å². The van der Waals surface area contributed by atoms with Gasteiger partial charge < -0.3 is 21.1 Å². The SMILES string of the molecule is CS(=O)(=O)c1c(C2CC3CCC(C2)N3C(=O)CO)nc2c(-c3ccc(C4CCCN4)nc3)cnn2c1N. The number of piperidine rings is 1. The summed E-state index contributed by atoms with van der Waals surface area (Å²) in [6.45, 7) is 0.470. The predicted octanol–water partition coefficient (Wildman–Crippen LogP) is 1.43. The molecule has 1 amide bonds. The highest BCUT2D eigenvalue weighted by Crippen LogP contribution is 2.45. The van der Waals surface area contributed by atoms with E-state index in [4.69, 9.17) is 10.7 Å². The van der Waals surface area contributed by atoms with Crippen LogP contribution in [-0.4, -0.2) is 75.4 Å². The molecule has 2 bridgehead atoms. The lowest BCUT2D eigenvalue weighted by Crippen LogP contribution is -2.47. The third-order valence-electron chi connectivity index (χ3n) is 8.09. The minimum atomic E-state index is -3.71. The van der Waals surface area contributed by atoms with Gasteiger partial charge in [0.15, 0.2) is 15.5 Å². The van der Waals surface area contributed by atoms with Gasteiger partial charge in [0, 0.05) is 47.6 Å². The molecule has 3 aliphatic heterocycles. The monoisotopic (exact) mass is 525 g/mol. The maximum absolute atomic E-state index is 12.9. The molecule has 0 saturated carbocycles. The maximum atomic E-state index is 12.9. The van der Waals surface area contributed by atoms with Crippen molar-refractivity contribution in [2.45, 2.75) is 67.5 Å². The molecule has 0 radical (unpaired) electrons. The summed E-state index contributed by atoms with van der Waals surface area (Å²) in [6.07, 6.45) is 9.56. The van der Waals surface area contributed by atoms with E-state index in [9.17, 15) is 18.3 Å². The minimum Gasteiger partial charge on any atom is -0.387 e. The second-order valence-electron chi connectivity index (χ2n) is 10.4. The smallest absolute Gasteiger partial charge is 0.248 e. The Balaban J connectivity index is 1.43. The Morgan fingerprint density at radius 1 is 1.19 bits per heavy atom. The Labute approximate surface area is 215 Å². The molecule has 3 atom stereocenters. The lowest BCUT2D eigenvalue weighted by atomic mass is 9.87. The summed E-state index contributed by atoms with van der Waals surface area (Å²) < 4.78 is 27.2. The van der Waals surface area contributed by atoms with Crippen molar-refractivity contribution >= 4 is 27.2 Å². The van der Waals surface area contributed by atoms with Gasteiger partial charge in [-0.1, -0.05) is 6.07 Å². The first kappa shape index (κ1) is 24.3. The van der Waals surface area contributed by atoms with Crippen LogP contribution in [0.25, 0.3) is 16.8 Å². The Morgan fingerprint density at radius 3 is 2.54 bits per heavy atom. The molecule has 0 spiro atoms. The number of nitrogens with zero attached hydrogens (tertiary/aromatic N) is 5. The van der Waals surface area contributed by atoms with Crippen molar-refractivity contribution in [1.29, 1.82) is 0 Å². The number of nitrogens with two attached hydrogens (primary N) is 1. The van der Waals surface area contributed by atoms with Crippen LogP contribution >= 0.6 is 0 Å². The molecular weight excluding hydrogens is 494 g/mol. The molecule has 0 aromatic carbocycles. The highest BCUT2D eigenvalue weighted by molar-refractivity contribution is 7.91. The molecule has 3 saturated heterocycles. The van der Waals surface area contributed by atoms with Gasteiger partial charge in [-0.3, -0.25) is 9.78 Å². The fraction of sp³-hybridized carbons (Fsp3) is 0.520. The number of aliphatic hydroxyl groups is 1. The van der Waals surface area contributed by atoms with Crippen molar-refractivity contribution in [3.05, 3.63) is 35.9 Å². The molecule has 6 rings (SSSR count). The van der Waals surface area contributed by atoms with Crippen molar-refractivity contribution in [3.8, 4) is 11.1 Å². The van der Waals surface area contributed by atoms with E-state index in [-0.39, 0.29) is 40.7 Å². The molecule has 196 valence electrons. The number of aromatic nitrogens is 4. The standard InChI is InChI=1S/C25H31N7O4S/c1-37(35,36)23-22(15-9-16-5-6-17(10-15)31(16)21(34)13-33)30-25-18(12-29-32(25)24(23)26)14-4-7-20(28-11-14)19-3-2-8-27-19/h4,7,11-12,15-17,19,27,33H,2-3,5-6,8-10,13,26H2,1H3. The largest absolute Gasteiger partial charge is 0.387 e. The zero-order valence-electron chi connectivity index (χ0n) is 20.7. The van der Waals surface area contributed by atoms with Crippen LogP contribution < -0.4 is 11.1 Å². The summed E-state index contributed by atoms with van der Waals surface area (Å²) in [5.74, 6) is -0.428. The second kappa shape index (κ2) is 9.03. The Morgan fingerprint density at radius 2 is 1.95 bits per heavy atom. The molecule has 4 N–H and O–H groups in total. The highest BCUT2D eigenvalue weighted by Gasteiger charge is 2.45. The van der Waals surface area contributed by atoms with E-state index >= 15 is 0 Å². The number of pyridine rings is 1. The maximum Gasteiger partial charge on any atom is 0.248 e. The van der Waals surface area contributed by atoms with Gasteiger partial charge in [-0.05, 0) is 51.1 Å². The number of amides is 1. The van der Waals surface area contributed by atoms with E-state index in [1.54, 1.807) is 17.3 Å². The van der Waals surface area contributed by atoms with E-state index in [1.165, 1.54) is 4.52 Å². The van der Waals surface area contributed by atoms with E-state index in [0.29, 0.717) is 24.2 Å². The number of hydrogen-bond donors (Lipinski definition) is 3. The van der Waals surface area contributed by atoms with E-state index in [0.717, 1.165) is 55.3 Å². The van der Waals surface area contributed by atoms with Gasteiger partial charge in [-0.25, -0.2) is 13.4 Å². The molecule has 0 aliphatic carbocycles. The van der Waals surface area contributed by atoms with Gasteiger partial charge in [0.25, 0.3) is 0 Å². The number of anilines is 1. The van der Waals surface area contributed by atoms with Crippen molar-refractivity contribution < 1.29 is 18.3 Å². The summed E-state index contributed by atoms with van der Waals surface area (Å²) >= 11 is 0. The average Bonchev–Trinajstić information content (AvgIpc) is 3.61. The molecule has 3 fully saturated rings. The van der Waals surface area contributed by atoms with Crippen molar-refractivity contribution in [1.82, 2.24) is 29.8 Å². The quantitative estimate of drug-likeness (QED) is 0.448. The van der Waals surface area contributed by atoms with Crippen molar-refractivity contribution in [2.24, 2.45) is 0 Å². The number of carbonyl (C=O) groups excluding carboxylic acids is 1. The highest BCUT2D eigenvalue weighted by atomic mass is 32.2. The van der Waals surface area contributed by atoms with Gasteiger partial charge in [-0.15, -0.1) is 0 Å². The van der Waals surface area contributed by atoms with E-state index < -0.39 is 16.4 Å². The number of rotatable bonds is 5. The first-order valence-corrected chi connectivity index (χ1v) is 14.6. The summed E-state index contributed by atoms with van der Waals surface area (Å²) in [5.41, 5.74) is 9.91. The number of sulfone groups is 1. The summed E-state index contributed by atoms with van der Waals surface area (Å²) in [5, 5.41) is 17.3. The number of hydrogen-bond acceptors (Lipinski definition) is 9. The lowest BCUT2D eigenvalue weighted by Gasteiger charge is -2.39. The van der Waals surface area contributed by atoms with Crippen LogP contribution in [0, 0.1) is 0 Å². The summed E-state index contributed by atoms with van der Waals surface area (Å²) in [7, 11) is -3.71. The topological polar surface area (TPSA) is 156 Å². The fourth-order valence-corrected chi connectivity index (χ4v) is 7.53. The van der Waals surface area contributed by atoms with E-state index in [1.807, 2.05) is 12.1 Å². The molecule has 11 nitrogen and oxygen atoms in total. The van der Waals surface area contributed by atoms with E-state index in [2.05, 4.69) is 15.4 Å². The normalized spacial score (nSPS) is 25.7.